The van der Waals surface area contributed by atoms with Gasteiger partial charge in [0.25, 0.3) is 0 Å². The summed E-state index contributed by atoms with van der Waals surface area (Å²) < 4.78 is 39.0. The molecule has 1 heterocycles. The van der Waals surface area contributed by atoms with Crippen LogP contribution in [0.4, 0.5) is 4.79 Å². The largest absolute Gasteiger partial charge is 0.463 e. The van der Waals surface area contributed by atoms with E-state index in [2.05, 4.69) is 10.6 Å². The first-order chi connectivity index (χ1) is 26.2. The molecule has 0 saturated carbocycles. The number of nitrogens with one attached hydrogen (secondary N) is 2. The van der Waals surface area contributed by atoms with E-state index in [1.54, 1.807) is 26.0 Å². The summed E-state index contributed by atoms with van der Waals surface area (Å²) in [6, 6.07) is 10.9. The number of benzene rings is 2. The average molecular weight is 785 g/mol. The van der Waals surface area contributed by atoms with Crippen molar-refractivity contribution in [1.82, 2.24) is 10.6 Å². The first kappa shape index (κ1) is 44.9. The molecule has 56 heavy (non-hydrogen) atoms. The van der Waals surface area contributed by atoms with Crippen molar-refractivity contribution in [2.75, 3.05) is 19.8 Å². The molecule has 0 bridgehead atoms. The number of aryl methyl sites for hydroxylation is 2. The summed E-state index contributed by atoms with van der Waals surface area (Å²) in [4.78, 5) is 84.6. The first-order valence-electron chi connectivity index (χ1n) is 18.1. The highest BCUT2D eigenvalue weighted by Gasteiger charge is 2.53. The van der Waals surface area contributed by atoms with Crippen LogP contribution in [0.1, 0.15) is 95.7 Å². The topological polar surface area (TPSA) is 208 Å². The van der Waals surface area contributed by atoms with E-state index >= 15 is 0 Å². The Kier molecular flexibility index (Phi) is 16.4. The van der Waals surface area contributed by atoms with Gasteiger partial charge in [-0.2, -0.15) is 0 Å². The molecule has 0 aliphatic carbocycles. The maximum absolute atomic E-state index is 12.5. The molecule has 306 valence electrons. The van der Waals surface area contributed by atoms with Crippen LogP contribution in [0.25, 0.3) is 0 Å². The summed E-state index contributed by atoms with van der Waals surface area (Å²) in [7, 11) is 0. The zero-order valence-electron chi connectivity index (χ0n) is 33.3. The Balaban J connectivity index is 1.89. The fraction of sp³-hybridized carbons (Fsp3) is 0.525. The Hall–Kier alpha value is -5.51. The van der Waals surface area contributed by atoms with E-state index in [9.17, 15) is 33.6 Å². The van der Waals surface area contributed by atoms with Gasteiger partial charge in [-0.25, -0.2) is 4.79 Å². The average Bonchev–Trinajstić information content (AvgIpc) is 3.07. The fourth-order valence-electron chi connectivity index (χ4n) is 6.09. The molecule has 2 amide bonds. The zero-order chi connectivity index (χ0) is 41.7. The maximum Gasteiger partial charge on any atom is 0.315 e. The van der Waals surface area contributed by atoms with Crippen molar-refractivity contribution in [1.29, 1.82) is 0 Å². The minimum Gasteiger partial charge on any atom is -0.463 e. The second-order valence-corrected chi connectivity index (χ2v) is 14.2. The third-order valence-corrected chi connectivity index (χ3v) is 8.45. The smallest absolute Gasteiger partial charge is 0.315 e. The molecule has 3 rings (SSSR count). The molecule has 2 aromatic rings. The van der Waals surface area contributed by atoms with Crippen molar-refractivity contribution < 1.29 is 66.7 Å². The molecule has 1 aliphatic rings. The lowest BCUT2D eigenvalue weighted by Gasteiger charge is -2.44. The van der Waals surface area contributed by atoms with Crippen LogP contribution >= 0.6 is 0 Å². The molecule has 2 aromatic carbocycles. The van der Waals surface area contributed by atoms with Gasteiger partial charge in [0, 0.05) is 53.7 Å². The normalized spacial score (nSPS) is 19.1. The number of hydrogen-bond acceptors (Lipinski definition) is 14. The van der Waals surface area contributed by atoms with Crippen LogP contribution in [0.5, 0.6) is 5.75 Å². The summed E-state index contributed by atoms with van der Waals surface area (Å²) in [6.45, 7) is 12.5. The van der Waals surface area contributed by atoms with Gasteiger partial charge in [0.2, 0.25) is 0 Å². The Morgan fingerprint density at radius 2 is 1.29 bits per heavy atom. The number of rotatable bonds is 16. The highest BCUT2D eigenvalue weighted by atomic mass is 16.7. The molecule has 1 saturated heterocycles. The van der Waals surface area contributed by atoms with Crippen molar-refractivity contribution in [3.8, 4) is 5.75 Å². The van der Waals surface area contributed by atoms with Crippen LogP contribution in [0.2, 0.25) is 0 Å². The van der Waals surface area contributed by atoms with Gasteiger partial charge in [-0.1, -0.05) is 24.3 Å². The van der Waals surface area contributed by atoms with Gasteiger partial charge in [-0.3, -0.25) is 28.8 Å². The van der Waals surface area contributed by atoms with Crippen molar-refractivity contribution in [3.05, 3.63) is 64.2 Å². The monoisotopic (exact) mass is 784 g/mol. The molecule has 0 radical (unpaired) electrons. The van der Waals surface area contributed by atoms with E-state index in [1.807, 2.05) is 31.2 Å². The van der Waals surface area contributed by atoms with E-state index in [0.29, 0.717) is 25.8 Å². The third-order valence-electron chi connectivity index (χ3n) is 8.45. The molecule has 0 unspecified atom stereocenters. The number of hydrogen-bond donors (Lipinski definition) is 2. The molecule has 16 nitrogen and oxygen atoms in total. The van der Waals surface area contributed by atoms with Gasteiger partial charge in [-0.15, -0.1) is 0 Å². The number of carbonyl (C=O) groups excluding carboxylic acids is 7. The molecular formula is C40H52N2O14. The van der Waals surface area contributed by atoms with Gasteiger partial charge in [-0.05, 0) is 74.4 Å². The molecule has 2 N–H and O–H groups in total. The van der Waals surface area contributed by atoms with Crippen LogP contribution < -0.4 is 15.4 Å². The first-order valence-corrected chi connectivity index (χ1v) is 18.1. The van der Waals surface area contributed by atoms with E-state index in [1.165, 1.54) is 20.8 Å². The standard InChI is InChI=1S/C40H52N2O14/c1-22-17-33(52-25(4)45)32(35-37(54-27(6)47)38(55-28(7)48)36(53-26(5)46)34(56-35)20-50-23(2)43)19-31(22)18-30-14-12-29(13-15-30)11-10-16-41-39(49)42-40(8,9)21-51-24(3)44/h12-15,17,19,34-38H,10-11,16,18,20-21H2,1-9H3,(H2,41,42,49)/t34-,35+,36-,37+,38+/m1/s1. The van der Waals surface area contributed by atoms with Crippen LogP contribution in [0.15, 0.2) is 36.4 Å². The van der Waals surface area contributed by atoms with E-state index in [4.69, 9.17) is 33.2 Å². The van der Waals surface area contributed by atoms with Gasteiger partial charge in [0.1, 0.15) is 31.2 Å². The fourth-order valence-corrected chi connectivity index (χ4v) is 6.09. The Bertz CT molecular complexity index is 1760. The lowest BCUT2D eigenvalue weighted by atomic mass is 9.87. The highest BCUT2D eigenvalue weighted by molar-refractivity contribution is 5.75. The summed E-state index contributed by atoms with van der Waals surface area (Å²) in [5.74, 6) is -3.93. The second-order valence-electron chi connectivity index (χ2n) is 14.2. The van der Waals surface area contributed by atoms with Crippen molar-refractivity contribution in [2.45, 2.75) is 118 Å². The number of ether oxygens (including phenoxy) is 7. The van der Waals surface area contributed by atoms with E-state index < -0.39 is 78.5 Å². The summed E-state index contributed by atoms with van der Waals surface area (Å²) in [5.41, 5.74) is 3.08. The van der Waals surface area contributed by atoms with Crippen LogP contribution in [0, 0.1) is 6.92 Å². The summed E-state index contributed by atoms with van der Waals surface area (Å²) >= 11 is 0. The molecule has 0 spiro atoms. The minimum atomic E-state index is -1.41. The summed E-state index contributed by atoms with van der Waals surface area (Å²) in [6.07, 6.45) is -4.82. The van der Waals surface area contributed by atoms with Gasteiger partial charge >= 0.3 is 41.8 Å². The third kappa shape index (κ3) is 14.3. The predicted octanol–water partition coefficient (Wildman–Crippen LogP) is 3.88. The molecule has 1 aliphatic heterocycles. The Morgan fingerprint density at radius 1 is 0.714 bits per heavy atom. The van der Waals surface area contributed by atoms with E-state index in [0.717, 1.165) is 43.0 Å². The minimum absolute atomic E-state index is 0.0508. The van der Waals surface area contributed by atoms with Crippen molar-refractivity contribution in [3.63, 3.8) is 0 Å². The lowest BCUT2D eigenvalue weighted by molar-refractivity contribution is -0.254. The Morgan fingerprint density at radius 3 is 1.86 bits per heavy atom. The van der Waals surface area contributed by atoms with E-state index in [-0.39, 0.29) is 24.0 Å². The molecule has 1 fully saturated rings. The van der Waals surface area contributed by atoms with Gasteiger partial charge in [0.05, 0.1) is 5.54 Å². The van der Waals surface area contributed by atoms with Crippen molar-refractivity contribution in [2.24, 2.45) is 0 Å². The van der Waals surface area contributed by atoms with Gasteiger partial charge in [0.15, 0.2) is 18.3 Å². The molecule has 0 aromatic heterocycles. The Labute approximate surface area is 326 Å². The van der Waals surface area contributed by atoms with Crippen LogP contribution in [-0.2, 0) is 70.0 Å². The SMILES string of the molecule is CC(=O)OC[C@H]1O[C@@H](c2cc(Cc3ccc(CCCNC(=O)NC(C)(C)COC(C)=O)cc3)c(C)cc2OC(C)=O)[C@H](OC(C)=O)[C@@H](OC(C)=O)[C@@H]1OC(C)=O. The lowest BCUT2D eigenvalue weighted by Crippen LogP contribution is -2.59. The molecule has 5 atom stereocenters. The van der Waals surface area contributed by atoms with Gasteiger partial charge < -0.3 is 43.8 Å². The zero-order valence-corrected chi connectivity index (χ0v) is 33.3. The van der Waals surface area contributed by atoms with Crippen LogP contribution in [0.3, 0.4) is 0 Å². The molecular weight excluding hydrogens is 732 g/mol. The molecule has 16 heteroatoms. The van der Waals surface area contributed by atoms with Crippen LogP contribution in [-0.4, -0.2) is 91.6 Å². The quantitative estimate of drug-likeness (QED) is 0.107. The number of carbonyl (C=O) groups is 7. The maximum atomic E-state index is 12.5. The number of amides is 2. The predicted molar refractivity (Wildman–Crippen MR) is 198 cm³/mol. The number of urea groups is 1. The highest BCUT2D eigenvalue weighted by Crippen LogP contribution is 2.42. The number of esters is 6. The van der Waals surface area contributed by atoms with Crippen molar-refractivity contribution >= 4 is 41.8 Å². The second kappa shape index (κ2) is 20.4. The summed E-state index contributed by atoms with van der Waals surface area (Å²) in [5, 5.41) is 5.60.